The summed E-state index contributed by atoms with van der Waals surface area (Å²) in [4.78, 5) is 4.11. The number of imidazole rings is 1. The smallest absolute Gasteiger partial charge is 0.0945 e. The topological polar surface area (TPSA) is 17.8 Å². The van der Waals surface area contributed by atoms with Crippen LogP contribution in [0.1, 0.15) is 49.8 Å². The highest BCUT2D eigenvalue weighted by molar-refractivity contribution is 7.99. The molecule has 0 bridgehead atoms. The molecule has 0 fully saturated rings. The highest BCUT2D eigenvalue weighted by atomic mass is 35.5. The van der Waals surface area contributed by atoms with Crippen LogP contribution in [-0.4, -0.2) is 15.3 Å². The van der Waals surface area contributed by atoms with E-state index in [-0.39, 0.29) is 0 Å². The average molecular weight is 371 g/mol. The third kappa shape index (κ3) is 6.40. The average Bonchev–Trinajstić information content (AvgIpc) is 3.04. The van der Waals surface area contributed by atoms with Crippen LogP contribution >= 0.6 is 35.0 Å². The lowest BCUT2D eigenvalue weighted by molar-refractivity contribution is 0.633. The number of unbranched alkanes of at least 4 members (excludes halogenated alkanes) is 3. The molecule has 0 N–H and O–H groups in total. The molecular formula is C18H24Cl2N2S. The molecule has 0 radical (unpaired) electrons. The van der Waals surface area contributed by atoms with Crippen LogP contribution in [0, 0.1) is 0 Å². The lowest BCUT2D eigenvalue weighted by Gasteiger charge is -2.19. The first kappa shape index (κ1) is 18.7. The van der Waals surface area contributed by atoms with E-state index in [0.717, 1.165) is 18.0 Å². The summed E-state index contributed by atoms with van der Waals surface area (Å²) >= 11 is 14.5. The van der Waals surface area contributed by atoms with Gasteiger partial charge in [0.05, 0.1) is 6.33 Å². The van der Waals surface area contributed by atoms with Gasteiger partial charge < -0.3 is 4.57 Å². The fourth-order valence-corrected chi connectivity index (χ4v) is 4.45. The molecule has 1 aromatic carbocycles. The van der Waals surface area contributed by atoms with E-state index in [1.807, 2.05) is 42.6 Å². The molecular weight excluding hydrogens is 347 g/mol. The van der Waals surface area contributed by atoms with Crippen molar-refractivity contribution < 1.29 is 0 Å². The van der Waals surface area contributed by atoms with Crippen LogP contribution in [0.25, 0.3) is 0 Å². The maximum atomic E-state index is 6.43. The Kier molecular flexibility index (Phi) is 8.35. The molecule has 1 heterocycles. The van der Waals surface area contributed by atoms with E-state index in [0.29, 0.717) is 10.3 Å². The van der Waals surface area contributed by atoms with E-state index in [2.05, 4.69) is 22.5 Å². The Morgan fingerprint density at radius 3 is 2.78 bits per heavy atom. The number of aromatic nitrogens is 2. The summed E-state index contributed by atoms with van der Waals surface area (Å²) in [5.41, 5.74) is 1.19. The summed E-state index contributed by atoms with van der Waals surface area (Å²) in [6, 6.07) is 5.85. The molecule has 0 amide bonds. The highest BCUT2D eigenvalue weighted by Crippen LogP contribution is 2.38. The zero-order chi connectivity index (χ0) is 16.5. The highest BCUT2D eigenvalue weighted by Gasteiger charge is 2.15. The quantitative estimate of drug-likeness (QED) is 0.436. The van der Waals surface area contributed by atoms with Crippen molar-refractivity contribution in [2.75, 3.05) is 5.75 Å². The summed E-state index contributed by atoms with van der Waals surface area (Å²) in [7, 11) is 0. The molecule has 1 unspecified atom stereocenters. The van der Waals surface area contributed by atoms with Crippen molar-refractivity contribution in [2.45, 2.75) is 50.8 Å². The standard InChI is InChI=1S/C18H24Cl2N2S/c1-2-3-4-5-12-23-18(8-10-22-11-9-21-14-22)16-7-6-15(19)13-17(16)20/h6-7,9,11,13-14,18H,2-5,8,10,12H2,1H3. The fraction of sp³-hybridized carbons (Fsp3) is 0.500. The molecule has 1 atom stereocenters. The largest absolute Gasteiger partial charge is 0.337 e. The van der Waals surface area contributed by atoms with Gasteiger partial charge in [-0.1, -0.05) is 55.5 Å². The number of halogens is 2. The fourth-order valence-electron chi connectivity index (χ4n) is 2.53. The summed E-state index contributed by atoms with van der Waals surface area (Å²) in [5, 5.41) is 1.86. The molecule has 0 spiro atoms. The molecule has 126 valence electrons. The van der Waals surface area contributed by atoms with Crippen LogP contribution in [0.5, 0.6) is 0 Å². The minimum Gasteiger partial charge on any atom is -0.337 e. The van der Waals surface area contributed by atoms with Gasteiger partial charge in [-0.15, -0.1) is 0 Å². The Morgan fingerprint density at radius 1 is 1.22 bits per heavy atom. The van der Waals surface area contributed by atoms with Crippen LogP contribution in [-0.2, 0) is 6.54 Å². The third-order valence-corrected chi connectivity index (χ3v) is 5.81. The van der Waals surface area contributed by atoms with Gasteiger partial charge in [0, 0.05) is 34.2 Å². The number of nitrogens with zero attached hydrogens (tertiary/aromatic N) is 2. The van der Waals surface area contributed by atoms with E-state index < -0.39 is 0 Å². The first-order chi connectivity index (χ1) is 11.2. The second kappa shape index (κ2) is 10.3. The third-order valence-electron chi connectivity index (χ3n) is 3.83. The molecule has 2 rings (SSSR count). The van der Waals surface area contributed by atoms with Gasteiger partial charge in [0.25, 0.3) is 0 Å². The second-order valence-electron chi connectivity index (χ2n) is 5.68. The maximum absolute atomic E-state index is 6.43. The van der Waals surface area contributed by atoms with Crippen molar-refractivity contribution in [2.24, 2.45) is 0 Å². The van der Waals surface area contributed by atoms with Gasteiger partial charge >= 0.3 is 0 Å². The van der Waals surface area contributed by atoms with E-state index in [1.54, 1.807) is 0 Å². The summed E-state index contributed by atoms with van der Waals surface area (Å²) in [6.45, 7) is 3.19. The molecule has 0 saturated carbocycles. The minimum absolute atomic E-state index is 0.392. The number of aryl methyl sites for hydroxylation is 1. The van der Waals surface area contributed by atoms with Gasteiger partial charge in [-0.2, -0.15) is 11.8 Å². The van der Waals surface area contributed by atoms with Gasteiger partial charge in [0.1, 0.15) is 0 Å². The molecule has 0 aliphatic carbocycles. The molecule has 5 heteroatoms. The Bertz CT molecular complexity index is 572. The predicted octanol–water partition coefficient (Wildman–Crippen LogP) is 6.63. The summed E-state index contributed by atoms with van der Waals surface area (Å²) in [5.74, 6) is 1.17. The van der Waals surface area contributed by atoms with Crippen LogP contribution in [0.2, 0.25) is 10.0 Å². The number of benzene rings is 1. The first-order valence-electron chi connectivity index (χ1n) is 8.23. The molecule has 2 aromatic rings. The Balaban J connectivity index is 1.97. The maximum Gasteiger partial charge on any atom is 0.0945 e. The summed E-state index contributed by atoms with van der Waals surface area (Å²) in [6.07, 6.45) is 11.9. The van der Waals surface area contributed by atoms with E-state index in [1.165, 1.54) is 37.0 Å². The van der Waals surface area contributed by atoms with Gasteiger partial charge in [-0.25, -0.2) is 4.98 Å². The van der Waals surface area contributed by atoms with Crippen molar-refractivity contribution in [3.8, 4) is 0 Å². The lowest BCUT2D eigenvalue weighted by Crippen LogP contribution is -2.03. The van der Waals surface area contributed by atoms with Crippen LogP contribution in [0.4, 0.5) is 0 Å². The van der Waals surface area contributed by atoms with Crippen molar-refractivity contribution in [1.29, 1.82) is 0 Å². The van der Waals surface area contributed by atoms with Crippen molar-refractivity contribution in [3.63, 3.8) is 0 Å². The minimum atomic E-state index is 0.392. The SMILES string of the molecule is CCCCCCSC(CCn1ccnc1)c1ccc(Cl)cc1Cl. The number of hydrogen-bond donors (Lipinski definition) is 0. The van der Waals surface area contributed by atoms with Crippen LogP contribution in [0.3, 0.4) is 0 Å². The molecule has 0 aliphatic heterocycles. The van der Waals surface area contributed by atoms with E-state index in [4.69, 9.17) is 23.2 Å². The molecule has 0 aliphatic rings. The van der Waals surface area contributed by atoms with E-state index >= 15 is 0 Å². The number of thioether (sulfide) groups is 1. The lowest BCUT2D eigenvalue weighted by atomic mass is 10.1. The Morgan fingerprint density at radius 2 is 2.09 bits per heavy atom. The normalized spacial score (nSPS) is 12.5. The zero-order valence-electron chi connectivity index (χ0n) is 13.5. The number of hydrogen-bond acceptors (Lipinski definition) is 2. The van der Waals surface area contributed by atoms with Crippen molar-refractivity contribution in [3.05, 3.63) is 52.5 Å². The van der Waals surface area contributed by atoms with Crippen LogP contribution < -0.4 is 0 Å². The zero-order valence-corrected chi connectivity index (χ0v) is 15.9. The molecule has 23 heavy (non-hydrogen) atoms. The van der Waals surface area contributed by atoms with Gasteiger partial charge in [-0.05, 0) is 36.3 Å². The summed E-state index contributed by atoms with van der Waals surface area (Å²) < 4.78 is 2.12. The second-order valence-corrected chi connectivity index (χ2v) is 7.83. The van der Waals surface area contributed by atoms with Crippen LogP contribution in [0.15, 0.2) is 36.9 Å². The monoisotopic (exact) mass is 370 g/mol. The van der Waals surface area contributed by atoms with Crippen molar-refractivity contribution in [1.82, 2.24) is 9.55 Å². The van der Waals surface area contributed by atoms with Crippen molar-refractivity contribution >= 4 is 35.0 Å². The van der Waals surface area contributed by atoms with Gasteiger partial charge in [0.15, 0.2) is 0 Å². The predicted molar refractivity (Wildman–Crippen MR) is 103 cm³/mol. The van der Waals surface area contributed by atoms with E-state index in [9.17, 15) is 0 Å². The Hall–Kier alpha value is -0.640. The van der Waals surface area contributed by atoms with Gasteiger partial charge in [-0.3, -0.25) is 0 Å². The first-order valence-corrected chi connectivity index (χ1v) is 10.0. The van der Waals surface area contributed by atoms with Gasteiger partial charge in [0.2, 0.25) is 0 Å². The molecule has 1 aromatic heterocycles. The Labute approximate surface area is 153 Å². The molecule has 0 saturated heterocycles. The number of rotatable bonds is 10. The molecule has 2 nitrogen and oxygen atoms in total.